The normalized spacial score (nSPS) is 27.2. The van der Waals surface area contributed by atoms with Crippen LogP contribution in [0, 0.1) is 5.92 Å². The third-order valence-electron chi connectivity index (χ3n) is 4.54. The van der Waals surface area contributed by atoms with Gasteiger partial charge in [0.15, 0.2) is 0 Å². The molecule has 2 fully saturated rings. The molecule has 1 saturated heterocycles. The van der Waals surface area contributed by atoms with Crippen LogP contribution in [0.25, 0.3) is 0 Å². The average Bonchev–Trinajstić information content (AvgIpc) is 2.57. The van der Waals surface area contributed by atoms with E-state index in [0.29, 0.717) is 12.2 Å². The minimum absolute atomic E-state index is 0.340. The van der Waals surface area contributed by atoms with Crippen molar-refractivity contribution in [1.29, 1.82) is 0 Å². The summed E-state index contributed by atoms with van der Waals surface area (Å²) in [6.07, 6.45) is 6.13. The molecule has 8 nitrogen and oxygen atoms in total. The Morgan fingerprint density at radius 2 is 1.92 bits per heavy atom. The van der Waals surface area contributed by atoms with E-state index in [1.165, 1.54) is 25.7 Å². The molecule has 0 amide bonds. The molecule has 0 aromatic heterocycles. The molecule has 0 aromatic rings. The second kappa shape index (κ2) is 12.2. The van der Waals surface area contributed by atoms with Crippen molar-refractivity contribution in [2.75, 3.05) is 46.4 Å². The van der Waals surface area contributed by atoms with Gasteiger partial charge in [0.2, 0.25) is 0 Å². The summed E-state index contributed by atoms with van der Waals surface area (Å²) in [5.41, 5.74) is 0. The molecule has 1 heterocycles. The summed E-state index contributed by atoms with van der Waals surface area (Å²) in [5, 5.41) is 18.2. The summed E-state index contributed by atoms with van der Waals surface area (Å²) in [4.78, 5) is 20.5. The monoisotopic (exact) mass is 360 g/mol. The highest BCUT2D eigenvalue weighted by atomic mass is 16.5. The molecule has 25 heavy (non-hydrogen) atoms. The van der Waals surface area contributed by atoms with Gasteiger partial charge in [0.25, 0.3) is 0 Å². The number of aliphatic carboxylic acids is 2. The van der Waals surface area contributed by atoms with Crippen LogP contribution >= 0.6 is 0 Å². The van der Waals surface area contributed by atoms with Crippen LogP contribution in [-0.2, 0) is 19.1 Å². The number of nitrogens with zero attached hydrogens (tertiary/aromatic N) is 1. The maximum absolute atomic E-state index is 9.10. The molecular weight excluding hydrogens is 328 g/mol. The van der Waals surface area contributed by atoms with E-state index in [1.807, 2.05) is 0 Å². The summed E-state index contributed by atoms with van der Waals surface area (Å²) < 4.78 is 11.7. The van der Waals surface area contributed by atoms with Crippen LogP contribution in [0.4, 0.5) is 0 Å². The number of carboxylic acids is 2. The van der Waals surface area contributed by atoms with Crippen molar-refractivity contribution >= 4 is 11.9 Å². The molecule has 3 unspecified atom stereocenters. The van der Waals surface area contributed by atoms with Gasteiger partial charge in [-0.15, -0.1) is 0 Å². The molecular formula is C17H32N2O6. The van der Waals surface area contributed by atoms with E-state index in [1.54, 1.807) is 0 Å². The van der Waals surface area contributed by atoms with Crippen LogP contribution in [0.3, 0.4) is 0 Å². The molecule has 1 aliphatic heterocycles. The van der Waals surface area contributed by atoms with Gasteiger partial charge < -0.3 is 29.9 Å². The van der Waals surface area contributed by atoms with Crippen molar-refractivity contribution in [2.45, 2.75) is 44.8 Å². The Morgan fingerprint density at radius 1 is 1.24 bits per heavy atom. The number of likely N-dealkylation sites (N-methyl/N-ethyl adjacent to an activating group) is 1. The molecule has 1 saturated carbocycles. The van der Waals surface area contributed by atoms with Gasteiger partial charge in [-0.3, -0.25) is 0 Å². The Labute approximate surface area is 149 Å². The zero-order chi connectivity index (χ0) is 18.7. The molecule has 0 spiro atoms. The summed E-state index contributed by atoms with van der Waals surface area (Å²) >= 11 is 0. The first-order valence-electron chi connectivity index (χ1n) is 8.98. The molecule has 2 aliphatic rings. The first kappa shape index (κ1) is 21.8. The van der Waals surface area contributed by atoms with Crippen LogP contribution in [0.1, 0.15) is 32.6 Å². The van der Waals surface area contributed by atoms with Crippen molar-refractivity contribution < 1.29 is 29.3 Å². The van der Waals surface area contributed by atoms with Crippen molar-refractivity contribution in [3.63, 3.8) is 0 Å². The second-order valence-corrected chi connectivity index (χ2v) is 6.74. The van der Waals surface area contributed by atoms with Crippen LogP contribution < -0.4 is 5.32 Å². The van der Waals surface area contributed by atoms with Gasteiger partial charge in [-0.2, -0.15) is 0 Å². The zero-order valence-electron chi connectivity index (χ0n) is 15.3. The molecule has 8 heteroatoms. The van der Waals surface area contributed by atoms with E-state index >= 15 is 0 Å². The number of carbonyl (C=O) groups is 2. The summed E-state index contributed by atoms with van der Waals surface area (Å²) in [6.45, 7) is 7.98. The molecule has 0 bridgehead atoms. The first-order chi connectivity index (χ1) is 11.9. The van der Waals surface area contributed by atoms with Gasteiger partial charge in [0.05, 0.1) is 25.4 Å². The smallest absolute Gasteiger partial charge is 0.414 e. The number of hydrogen-bond donors (Lipinski definition) is 3. The van der Waals surface area contributed by atoms with Crippen LogP contribution in [0.15, 0.2) is 0 Å². The standard InChI is InChI=1S/C15H30N2O2.C2H2O4/c1-13-5-3-4-6-15(13)19-9-7-16-11-14-12-17(2)8-10-18-14;3-1(4)2(5)6/h13-16H,3-12H2,1-2H3;(H,3,4)(H,5,6). The number of ether oxygens (including phenoxy) is 2. The predicted octanol–water partition coefficient (Wildman–Crippen LogP) is 0.658. The lowest BCUT2D eigenvalue weighted by molar-refractivity contribution is -0.159. The van der Waals surface area contributed by atoms with E-state index in [9.17, 15) is 0 Å². The number of rotatable bonds is 6. The van der Waals surface area contributed by atoms with E-state index in [4.69, 9.17) is 29.3 Å². The fourth-order valence-corrected chi connectivity index (χ4v) is 3.07. The Hall–Kier alpha value is -1.22. The molecule has 1 aliphatic carbocycles. The first-order valence-corrected chi connectivity index (χ1v) is 8.98. The predicted molar refractivity (Wildman–Crippen MR) is 92.8 cm³/mol. The minimum Gasteiger partial charge on any atom is -0.473 e. The number of morpholine rings is 1. The lowest BCUT2D eigenvalue weighted by Gasteiger charge is -2.30. The van der Waals surface area contributed by atoms with Crippen molar-refractivity contribution in [2.24, 2.45) is 5.92 Å². The number of nitrogens with one attached hydrogen (secondary N) is 1. The van der Waals surface area contributed by atoms with Crippen LogP contribution in [0.5, 0.6) is 0 Å². The number of carboxylic acid groups (broad SMARTS) is 2. The van der Waals surface area contributed by atoms with Gasteiger partial charge in [-0.25, -0.2) is 9.59 Å². The van der Waals surface area contributed by atoms with E-state index in [0.717, 1.165) is 45.3 Å². The van der Waals surface area contributed by atoms with Crippen molar-refractivity contribution in [3.05, 3.63) is 0 Å². The topological polar surface area (TPSA) is 108 Å². The van der Waals surface area contributed by atoms with Gasteiger partial charge in [-0.05, 0) is 25.8 Å². The quantitative estimate of drug-likeness (QED) is 0.468. The van der Waals surface area contributed by atoms with E-state index in [2.05, 4.69) is 24.2 Å². The van der Waals surface area contributed by atoms with Gasteiger partial charge >= 0.3 is 11.9 Å². The third kappa shape index (κ3) is 9.74. The zero-order valence-corrected chi connectivity index (χ0v) is 15.3. The highest BCUT2D eigenvalue weighted by Crippen LogP contribution is 2.25. The highest BCUT2D eigenvalue weighted by molar-refractivity contribution is 6.27. The van der Waals surface area contributed by atoms with E-state index in [-0.39, 0.29) is 0 Å². The Morgan fingerprint density at radius 3 is 2.52 bits per heavy atom. The van der Waals surface area contributed by atoms with Crippen molar-refractivity contribution in [1.82, 2.24) is 10.2 Å². The fraction of sp³-hybridized carbons (Fsp3) is 0.882. The SMILES string of the molecule is CC1CCCCC1OCCNCC1CN(C)CCO1.O=C(O)C(=O)O. The maximum Gasteiger partial charge on any atom is 0.414 e. The largest absolute Gasteiger partial charge is 0.473 e. The minimum atomic E-state index is -1.82. The maximum atomic E-state index is 9.10. The molecule has 2 rings (SSSR count). The molecule has 146 valence electrons. The molecule has 3 atom stereocenters. The summed E-state index contributed by atoms with van der Waals surface area (Å²) in [5.74, 6) is -2.91. The second-order valence-electron chi connectivity index (χ2n) is 6.74. The van der Waals surface area contributed by atoms with Gasteiger partial charge in [-0.1, -0.05) is 19.8 Å². The number of hydrogen-bond acceptors (Lipinski definition) is 6. The van der Waals surface area contributed by atoms with Gasteiger partial charge in [0.1, 0.15) is 0 Å². The Balaban J connectivity index is 0.000000450. The van der Waals surface area contributed by atoms with E-state index < -0.39 is 11.9 Å². The average molecular weight is 360 g/mol. The van der Waals surface area contributed by atoms with Gasteiger partial charge in [0, 0.05) is 26.2 Å². The molecule has 3 N–H and O–H groups in total. The van der Waals surface area contributed by atoms with Crippen LogP contribution in [-0.4, -0.2) is 85.7 Å². The lowest BCUT2D eigenvalue weighted by atomic mass is 9.88. The summed E-state index contributed by atoms with van der Waals surface area (Å²) in [7, 11) is 2.16. The van der Waals surface area contributed by atoms with Crippen molar-refractivity contribution in [3.8, 4) is 0 Å². The lowest BCUT2D eigenvalue weighted by Crippen LogP contribution is -2.45. The highest BCUT2D eigenvalue weighted by Gasteiger charge is 2.21. The summed E-state index contributed by atoms with van der Waals surface area (Å²) in [6, 6.07) is 0. The molecule has 0 radical (unpaired) electrons. The Kier molecular flexibility index (Phi) is 10.6. The Bertz CT molecular complexity index is 395. The fourth-order valence-electron chi connectivity index (χ4n) is 3.07. The third-order valence-corrected chi connectivity index (χ3v) is 4.54. The van der Waals surface area contributed by atoms with Crippen LogP contribution in [0.2, 0.25) is 0 Å². The molecule has 0 aromatic carbocycles.